The molecule has 0 aliphatic heterocycles. The van der Waals surface area contributed by atoms with Crippen molar-refractivity contribution in [1.82, 2.24) is 0 Å². The largest absolute Gasteiger partial charge is 0.379 e. The van der Waals surface area contributed by atoms with Crippen LogP contribution in [-0.4, -0.2) is 8.42 Å². The van der Waals surface area contributed by atoms with Gasteiger partial charge in [-0.05, 0) is 55.3 Å². The smallest absolute Gasteiger partial charge is 0.339 e. The van der Waals surface area contributed by atoms with Crippen LogP contribution in [0.3, 0.4) is 0 Å². The summed E-state index contributed by atoms with van der Waals surface area (Å²) in [7, 11) is -4.19. The van der Waals surface area contributed by atoms with Gasteiger partial charge >= 0.3 is 10.1 Å². The lowest BCUT2D eigenvalue weighted by Gasteiger charge is -2.09. The highest BCUT2D eigenvalue weighted by molar-refractivity contribution is 7.87. The van der Waals surface area contributed by atoms with E-state index < -0.39 is 26.6 Å². The molecule has 0 aromatic heterocycles. The molecule has 0 bridgehead atoms. The number of benzene rings is 2. The van der Waals surface area contributed by atoms with Gasteiger partial charge in [-0.2, -0.15) is 8.42 Å². The molecular formula is C14H12F2O3S. The molecule has 2 aromatic rings. The fourth-order valence-electron chi connectivity index (χ4n) is 1.79. The maximum absolute atomic E-state index is 13.1. The highest BCUT2D eigenvalue weighted by atomic mass is 32.2. The molecule has 6 heteroatoms. The molecule has 0 radical (unpaired) electrons. The summed E-state index contributed by atoms with van der Waals surface area (Å²) in [4.78, 5) is -0.435. The van der Waals surface area contributed by atoms with Crippen molar-refractivity contribution in [1.29, 1.82) is 0 Å². The Morgan fingerprint density at radius 3 is 2.05 bits per heavy atom. The van der Waals surface area contributed by atoms with E-state index in [1.807, 2.05) is 6.07 Å². The monoisotopic (exact) mass is 298 g/mol. The first-order chi connectivity index (χ1) is 9.28. The van der Waals surface area contributed by atoms with Crippen LogP contribution in [0.1, 0.15) is 11.1 Å². The zero-order chi connectivity index (χ0) is 14.9. The molecule has 0 unspecified atom stereocenters. The summed E-state index contributed by atoms with van der Waals surface area (Å²) >= 11 is 0. The molecule has 3 nitrogen and oxygen atoms in total. The maximum Gasteiger partial charge on any atom is 0.339 e. The second kappa shape index (κ2) is 5.20. The Hall–Kier alpha value is -1.95. The van der Waals surface area contributed by atoms with Gasteiger partial charge in [-0.3, -0.25) is 0 Å². The summed E-state index contributed by atoms with van der Waals surface area (Å²) in [5.74, 6) is -2.22. The van der Waals surface area contributed by atoms with Crippen LogP contribution in [0.25, 0.3) is 0 Å². The van der Waals surface area contributed by atoms with Crippen LogP contribution in [-0.2, 0) is 10.1 Å². The summed E-state index contributed by atoms with van der Waals surface area (Å²) in [5.41, 5.74) is 1.67. The van der Waals surface area contributed by atoms with Crippen molar-refractivity contribution >= 4 is 10.1 Å². The molecule has 0 aliphatic rings. The highest BCUT2D eigenvalue weighted by Crippen LogP contribution is 2.22. The Morgan fingerprint density at radius 2 is 1.50 bits per heavy atom. The van der Waals surface area contributed by atoms with E-state index in [0.717, 1.165) is 23.3 Å². The Morgan fingerprint density at radius 1 is 0.900 bits per heavy atom. The lowest BCUT2D eigenvalue weighted by Crippen LogP contribution is -2.10. The molecule has 0 spiro atoms. The topological polar surface area (TPSA) is 43.4 Å². The van der Waals surface area contributed by atoms with Gasteiger partial charge in [-0.15, -0.1) is 0 Å². The van der Waals surface area contributed by atoms with Crippen LogP contribution in [0, 0.1) is 25.5 Å². The zero-order valence-corrected chi connectivity index (χ0v) is 11.7. The van der Waals surface area contributed by atoms with Gasteiger partial charge in [0.05, 0.1) is 0 Å². The van der Waals surface area contributed by atoms with Gasteiger partial charge in [0.15, 0.2) is 11.6 Å². The van der Waals surface area contributed by atoms with E-state index in [4.69, 9.17) is 4.18 Å². The van der Waals surface area contributed by atoms with E-state index in [-0.39, 0.29) is 5.75 Å². The lowest BCUT2D eigenvalue weighted by atomic mass is 10.1. The number of rotatable bonds is 3. The zero-order valence-electron chi connectivity index (χ0n) is 10.9. The highest BCUT2D eigenvalue weighted by Gasteiger charge is 2.19. The molecule has 2 aromatic carbocycles. The molecule has 0 atom stereocenters. The van der Waals surface area contributed by atoms with E-state index >= 15 is 0 Å². The van der Waals surface area contributed by atoms with Gasteiger partial charge in [0, 0.05) is 0 Å². The third-order valence-corrected chi connectivity index (χ3v) is 3.82. The van der Waals surface area contributed by atoms with Crippen molar-refractivity contribution in [3.8, 4) is 5.75 Å². The molecule has 20 heavy (non-hydrogen) atoms. The molecule has 0 heterocycles. The molecule has 2 rings (SSSR count). The van der Waals surface area contributed by atoms with Crippen LogP contribution in [0.2, 0.25) is 0 Å². The standard InChI is InChI=1S/C14H12F2O3S/c1-9-5-10(2)7-11(6-9)19-20(17,18)12-3-4-13(15)14(16)8-12/h3-8H,1-2H3. The minimum absolute atomic E-state index is 0.132. The Bertz CT molecular complexity index is 735. The molecule has 0 aliphatic carbocycles. The van der Waals surface area contributed by atoms with E-state index in [0.29, 0.717) is 6.07 Å². The summed E-state index contributed by atoms with van der Waals surface area (Å²) in [6, 6.07) is 7.24. The summed E-state index contributed by atoms with van der Waals surface area (Å²) in [6.07, 6.45) is 0. The molecule has 0 saturated heterocycles. The van der Waals surface area contributed by atoms with Crippen molar-refractivity contribution in [2.24, 2.45) is 0 Å². The first-order valence-electron chi connectivity index (χ1n) is 5.76. The predicted molar refractivity (Wildman–Crippen MR) is 70.1 cm³/mol. The van der Waals surface area contributed by atoms with Crippen molar-refractivity contribution < 1.29 is 21.4 Å². The van der Waals surface area contributed by atoms with Crippen LogP contribution in [0.4, 0.5) is 8.78 Å². The van der Waals surface area contributed by atoms with Crippen LogP contribution in [0.15, 0.2) is 41.3 Å². The third-order valence-electron chi connectivity index (χ3n) is 2.58. The molecule has 106 valence electrons. The minimum Gasteiger partial charge on any atom is -0.379 e. The minimum atomic E-state index is -4.19. The van der Waals surface area contributed by atoms with Crippen molar-refractivity contribution in [2.75, 3.05) is 0 Å². The van der Waals surface area contributed by atoms with E-state index in [1.165, 1.54) is 0 Å². The number of hydrogen-bond acceptors (Lipinski definition) is 3. The number of hydrogen-bond donors (Lipinski definition) is 0. The fraction of sp³-hybridized carbons (Fsp3) is 0.143. The van der Waals surface area contributed by atoms with Crippen molar-refractivity contribution in [2.45, 2.75) is 18.7 Å². The second-order valence-corrected chi connectivity index (χ2v) is 5.98. The van der Waals surface area contributed by atoms with E-state index in [1.54, 1.807) is 26.0 Å². The van der Waals surface area contributed by atoms with E-state index in [2.05, 4.69) is 0 Å². The summed E-state index contributed by atoms with van der Waals surface area (Å²) in [6.45, 7) is 3.59. The van der Waals surface area contributed by atoms with Gasteiger partial charge < -0.3 is 4.18 Å². The number of halogens is 2. The SMILES string of the molecule is Cc1cc(C)cc(OS(=O)(=O)c2ccc(F)c(F)c2)c1. The van der Waals surface area contributed by atoms with E-state index in [9.17, 15) is 17.2 Å². The lowest BCUT2D eigenvalue weighted by molar-refractivity contribution is 0.479. The van der Waals surface area contributed by atoms with Crippen LogP contribution in [0.5, 0.6) is 5.75 Å². The first kappa shape index (κ1) is 14.5. The average Bonchev–Trinajstić information content (AvgIpc) is 2.30. The van der Waals surface area contributed by atoms with Gasteiger partial charge in [0.1, 0.15) is 10.6 Å². The molecule has 0 amide bonds. The molecular weight excluding hydrogens is 286 g/mol. The molecule has 0 fully saturated rings. The molecule has 0 N–H and O–H groups in total. The third kappa shape index (κ3) is 3.14. The maximum atomic E-state index is 13.1. The number of aryl methyl sites for hydroxylation is 2. The van der Waals surface area contributed by atoms with Gasteiger partial charge in [0.2, 0.25) is 0 Å². The fourth-order valence-corrected chi connectivity index (χ4v) is 2.72. The Labute approximate surface area is 115 Å². The first-order valence-corrected chi connectivity index (χ1v) is 7.16. The van der Waals surface area contributed by atoms with Gasteiger partial charge in [0.25, 0.3) is 0 Å². The van der Waals surface area contributed by atoms with Crippen LogP contribution < -0.4 is 4.18 Å². The van der Waals surface area contributed by atoms with Crippen LogP contribution >= 0.6 is 0 Å². The van der Waals surface area contributed by atoms with Crippen molar-refractivity contribution in [3.05, 3.63) is 59.2 Å². The Kier molecular flexibility index (Phi) is 3.76. The van der Waals surface area contributed by atoms with Gasteiger partial charge in [-0.25, -0.2) is 8.78 Å². The summed E-state index contributed by atoms with van der Waals surface area (Å²) < 4.78 is 54.8. The normalized spacial score (nSPS) is 11.4. The Balaban J connectivity index is 2.37. The second-order valence-electron chi connectivity index (χ2n) is 4.44. The average molecular weight is 298 g/mol. The predicted octanol–water partition coefficient (Wildman–Crippen LogP) is 3.35. The van der Waals surface area contributed by atoms with Gasteiger partial charge in [-0.1, -0.05) is 6.07 Å². The quantitative estimate of drug-likeness (QED) is 0.816. The summed E-state index contributed by atoms with van der Waals surface area (Å²) in [5, 5.41) is 0. The van der Waals surface area contributed by atoms with Crippen molar-refractivity contribution in [3.63, 3.8) is 0 Å². The molecule has 0 saturated carbocycles.